The number of aromatic nitrogens is 2. The van der Waals surface area contributed by atoms with Crippen molar-refractivity contribution in [2.45, 2.75) is 5.16 Å². The van der Waals surface area contributed by atoms with Gasteiger partial charge in [0.05, 0.1) is 24.0 Å². The van der Waals surface area contributed by atoms with Crippen molar-refractivity contribution >= 4 is 35.0 Å². The van der Waals surface area contributed by atoms with Crippen LogP contribution in [0.15, 0.2) is 35.6 Å². The highest BCUT2D eigenvalue weighted by Gasteiger charge is 2.15. The number of anilines is 1. The standard InChI is InChI=1S/C13H12ClN3O2S/c1-19-10-6-4-3-5-9(10)16-12(18)11-8(14)7-15-13(17-11)20-2/h3-7H,1-2H3,(H,16,18). The molecule has 0 aliphatic rings. The fourth-order valence-corrected chi connectivity index (χ4v) is 2.06. The average Bonchev–Trinajstić information content (AvgIpc) is 2.48. The third-order valence-corrected chi connectivity index (χ3v) is 3.31. The number of methoxy groups -OCH3 is 1. The molecule has 0 aliphatic carbocycles. The maximum atomic E-state index is 12.2. The maximum Gasteiger partial charge on any atom is 0.276 e. The van der Waals surface area contributed by atoms with E-state index in [0.717, 1.165) is 0 Å². The summed E-state index contributed by atoms with van der Waals surface area (Å²) in [5.74, 6) is 0.160. The van der Waals surface area contributed by atoms with Gasteiger partial charge in [-0.1, -0.05) is 35.5 Å². The monoisotopic (exact) mass is 309 g/mol. The van der Waals surface area contributed by atoms with Crippen LogP contribution in [0.25, 0.3) is 0 Å². The lowest BCUT2D eigenvalue weighted by Gasteiger charge is -2.10. The predicted octanol–water partition coefficient (Wildman–Crippen LogP) is 3.11. The third kappa shape index (κ3) is 3.20. The molecule has 1 amide bonds. The summed E-state index contributed by atoms with van der Waals surface area (Å²) in [7, 11) is 1.54. The fraction of sp³-hybridized carbons (Fsp3) is 0.154. The number of hydrogen-bond acceptors (Lipinski definition) is 5. The fourth-order valence-electron chi connectivity index (χ4n) is 1.54. The summed E-state index contributed by atoms with van der Waals surface area (Å²) in [4.78, 5) is 20.3. The molecular formula is C13H12ClN3O2S. The second-order valence-corrected chi connectivity index (χ2v) is 4.89. The molecule has 2 rings (SSSR count). The smallest absolute Gasteiger partial charge is 0.276 e. The summed E-state index contributed by atoms with van der Waals surface area (Å²) in [6.07, 6.45) is 3.24. The van der Waals surface area contributed by atoms with Crippen molar-refractivity contribution in [3.63, 3.8) is 0 Å². The molecule has 0 radical (unpaired) electrons. The van der Waals surface area contributed by atoms with Crippen molar-refractivity contribution in [2.75, 3.05) is 18.7 Å². The van der Waals surface area contributed by atoms with E-state index in [1.807, 2.05) is 12.3 Å². The lowest BCUT2D eigenvalue weighted by molar-refractivity contribution is 0.102. The number of nitrogens with one attached hydrogen (secondary N) is 1. The van der Waals surface area contributed by atoms with Crippen molar-refractivity contribution in [1.29, 1.82) is 0 Å². The number of thioether (sulfide) groups is 1. The minimum atomic E-state index is -0.405. The van der Waals surface area contributed by atoms with Gasteiger partial charge in [-0.3, -0.25) is 4.79 Å². The van der Waals surface area contributed by atoms with E-state index in [9.17, 15) is 4.79 Å². The van der Waals surface area contributed by atoms with Crippen molar-refractivity contribution < 1.29 is 9.53 Å². The number of hydrogen-bond donors (Lipinski definition) is 1. The van der Waals surface area contributed by atoms with E-state index in [1.54, 1.807) is 18.2 Å². The van der Waals surface area contributed by atoms with Crippen molar-refractivity contribution in [3.8, 4) is 5.75 Å². The lowest BCUT2D eigenvalue weighted by Crippen LogP contribution is -2.15. The zero-order chi connectivity index (χ0) is 14.5. The number of rotatable bonds is 4. The van der Waals surface area contributed by atoms with Crippen molar-refractivity contribution in [3.05, 3.63) is 41.2 Å². The van der Waals surface area contributed by atoms with Crippen LogP contribution in [0.3, 0.4) is 0 Å². The summed E-state index contributed by atoms with van der Waals surface area (Å²) < 4.78 is 5.17. The number of ether oxygens (including phenoxy) is 1. The Hall–Kier alpha value is -1.79. The summed E-state index contributed by atoms with van der Waals surface area (Å²) in [5.41, 5.74) is 0.692. The number of carbonyl (C=O) groups excluding carboxylic acids is 1. The van der Waals surface area contributed by atoms with E-state index >= 15 is 0 Å². The summed E-state index contributed by atoms with van der Waals surface area (Å²) in [6.45, 7) is 0. The molecule has 2 aromatic rings. The first-order valence-corrected chi connectivity index (χ1v) is 7.27. The summed E-state index contributed by atoms with van der Waals surface area (Å²) >= 11 is 7.30. The molecule has 0 bridgehead atoms. The molecule has 7 heteroatoms. The van der Waals surface area contributed by atoms with Gasteiger partial charge in [-0.25, -0.2) is 9.97 Å². The highest BCUT2D eigenvalue weighted by Crippen LogP contribution is 2.24. The summed E-state index contributed by atoms with van der Waals surface area (Å²) in [6, 6.07) is 7.11. The maximum absolute atomic E-state index is 12.2. The van der Waals surface area contributed by atoms with Crippen LogP contribution < -0.4 is 10.1 Å². The molecule has 5 nitrogen and oxygen atoms in total. The van der Waals surface area contributed by atoms with Crippen LogP contribution in [-0.2, 0) is 0 Å². The van der Waals surface area contributed by atoms with Gasteiger partial charge in [0.1, 0.15) is 5.75 Å². The molecular weight excluding hydrogens is 298 g/mol. The molecule has 0 atom stereocenters. The number of carbonyl (C=O) groups is 1. The van der Waals surface area contributed by atoms with Gasteiger partial charge in [0.25, 0.3) is 5.91 Å². The molecule has 20 heavy (non-hydrogen) atoms. The number of amides is 1. The SMILES string of the molecule is COc1ccccc1NC(=O)c1nc(SC)ncc1Cl. The molecule has 0 spiro atoms. The highest BCUT2D eigenvalue weighted by atomic mass is 35.5. The first-order chi connectivity index (χ1) is 9.65. The molecule has 104 valence electrons. The molecule has 1 aromatic carbocycles. The van der Waals surface area contributed by atoms with Gasteiger partial charge >= 0.3 is 0 Å². The van der Waals surface area contributed by atoms with Crippen molar-refractivity contribution in [1.82, 2.24) is 9.97 Å². The van der Waals surface area contributed by atoms with Gasteiger partial charge in [-0.2, -0.15) is 0 Å². The summed E-state index contributed by atoms with van der Waals surface area (Å²) in [5, 5.41) is 3.41. The van der Waals surface area contributed by atoms with Gasteiger partial charge in [-0.05, 0) is 18.4 Å². The Labute approximate surface area is 125 Å². The number of halogens is 1. The minimum Gasteiger partial charge on any atom is -0.495 e. The van der Waals surface area contributed by atoms with E-state index in [-0.39, 0.29) is 10.7 Å². The topological polar surface area (TPSA) is 64.1 Å². The largest absolute Gasteiger partial charge is 0.495 e. The average molecular weight is 310 g/mol. The predicted molar refractivity (Wildman–Crippen MR) is 79.8 cm³/mol. The molecule has 0 fully saturated rings. The highest BCUT2D eigenvalue weighted by molar-refractivity contribution is 7.98. The second kappa shape index (κ2) is 6.58. The number of benzene rings is 1. The minimum absolute atomic E-state index is 0.136. The van der Waals surface area contributed by atoms with Crippen LogP contribution in [0.5, 0.6) is 5.75 Å². The Bertz CT molecular complexity index is 637. The number of nitrogens with zero attached hydrogens (tertiary/aromatic N) is 2. The first-order valence-electron chi connectivity index (χ1n) is 5.66. The van der Waals surface area contributed by atoms with Crippen LogP contribution in [0.1, 0.15) is 10.5 Å². The van der Waals surface area contributed by atoms with E-state index in [2.05, 4.69) is 15.3 Å². The first kappa shape index (κ1) is 14.6. The van der Waals surface area contributed by atoms with E-state index in [1.165, 1.54) is 25.1 Å². The van der Waals surface area contributed by atoms with E-state index in [4.69, 9.17) is 16.3 Å². The zero-order valence-electron chi connectivity index (χ0n) is 10.9. The van der Waals surface area contributed by atoms with Gasteiger partial charge in [-0.15, -0.1) is 0 Å². The molecule has 0 unspecified atom stereocenters. The van der Waals surface area contributed by atoms with Gasteiger partial charge in [0.15, 0.2) is 10.9 Å². The lowest BCUT2D eigenvalue weighted by atomic mass is 10.2. The Balaban J connectivity index is 2.28. The van der Waals surface area contributed by atoms with Crippen molar-refractivity contribution in [2.24, 2.45) is 0 Å². The molecule has 1 heterocycles. The third-order valence-electron chi connectivity index (χ3n) is 2.47. The van der Waals surface area contributed by atoms with Crippen LogP contribution in [0.4, 0.5) is 5.69 Å². The van der Waals surface area contributed by atoms with Gasteiger partial charge in [0.2, 0.25) is 0 Å². The van der Waals surface area contributed by atoms with Gasteiger partial charge < -0.3 is 10.1 Å². The van der Waals surface area contributed by atoms with Gasteiger partial charge in [0, 0.05) is 0 Å². The molecule has 0 saturated carbocycles. The van der Waals surface area contributed by atoms with E-state index < -0.39 is 5.91 Å². The van der Waals surface area contributed by atoms with Crippen LogP contribution in [0, 0.1) is 0 Å². The van der Waals surface area contributed by atoms with E-state index in [0.29, 0.717) is 16.6 Å². The quantitative estimate of drug-likeness (QED) is 0.694. The Kier molecular flexibility index (Phi) is 4.81. The molecule has 1 N–H and O–H groups in total. The van der Waals surface area contributed by atoms with Crippen LogP contribution in [0.2, 0.25) is 5.02 Å². The zero-order valence-corrected chi connectivity index (χ0v) is 12.5. The Morgan fingerprint density at radius 2 is 2.15 bits per heavy atom. The molecule has 1 aromatic heterocycles. The van der Waals surface area contributed by atoms with Crippen LogP contribution in [-0.4, -0.2) is 29.2 Å². The Morgan fingerprint density at radius 1 is 1.40 bits per heavy atom. The molecule has 0 saturated heterocycles. The van der Waals surface area contributed by atoms with Crippen LogP contribution >= 0.6 is 23.4 Å². The normalized spacial score (nSPS) is 10.2. The molecule has 0 aliphatic heterocycles. The Morgan fingerprint density at radius 3 is 2.85 bits per heavy atom. The number of para-hydroxylation sites is 2. The second-order valence-electron chi connectivity index (χ2n) is 3.71.